The van der Waals surface area contributed by atoms with E-state index in [1.165, 1.54) is 16.4 Å². The second-order valence-corrected chi connectivity index (χ2v) is 8.87. The molecule has 0 spiro atoms. The molecule has 9 heteroatoms. The van der Waals surface area contributed by atoms with Gasteiger partial charge in [0.2, 0.25) is 0 Å². The Balaban J connectivity index is 1.64. The van der Waals surface area contributed by atoms with Crippen LogP contribution < -0.4 is 4.74 Å². The summed E-state index contributed by atoms with van der Waals surface area (Å²) in [5, 5.41) is 4.64. The van der Waals surface area contributed by atoms with Gasteiger partial charge in [-0.2, -0.15) is 4.68 Å². The first kappa shape index (κ1) is 21.8. The number of benzene rings is 1. The molecule has 1 aromatic carbocycles. The average Bonchev–Trinajstić information content (AvgIpc) is 3.34. The number of ether oxygens (including phenoxy) is 2. The minimum atomic E-state index is -0.379. The van der Waals surface area contributed by atoms with E-state index in [0.717, 1.165) is 30.7 Å². The van der Waals surface area contributed by atoms with Crippen molar-refractivity contribution < 1.29 is 19.1 Å². The molecule has 0 amide bonds. The quantitative estimate of drug-likeness (QED) is 0.603. The highest BCUT2D eigenvalue weighted by molar-refractivity contribution is 8.00. The number of aryl methyl sites for hydroxylation is 1. The second-order valence-electron chi connectivity index (χ2n) is 7.76. The molecule has 0 bridgehead atoms. The molecule has 2 aromatic rings. The molecule has 2 aliphatic rings. The van der Waals surface area contributed by atoms with Crippen molar-refractivity contribution in [3.63, 3.8) is 0 Å². The summed E-state index contributed by atoms with van der Waals surface area (Å²) < 4.78 is 12.0. The van der Waals surface area contributed by atoms with E-state index in [1.54, 1.807) is 7.11 Å². The fraction of sp³-hybridized carbons (Fsp3) is 0.545. The molecule has 1 saturated heterocycles. The third-order valence-corrected chi connectivity index (χ3v) is 7.02. The first-order chi connectivity index (χ1) is 15.0. The topological polar surface area (TPSA) is 86.5 Å². The number of methoxy groups -OCH3 is 1. The van der Waals surface area contributed by atoms with Gasteiger partial charge in [-0.3, -0.25) is 14.5 Å². The van der Waals surface area contributed by atoms with Crippen molar-refractivity contribution in [2.45, 2.75) is 49.6 Å². The van der Waals surface area contributed by atoms with E-state index in [0.29, 0.717) is 30.6 Å². The molecule has 1 fully saturated rings. The second kappa shape index (κ2) is 9.40. The highest BCUT2D eigenvalue weighted by Crippen LogP contribution is 2.42. The maximum Gasteiger partial charge on any atom is 0.310 e. The molecular formula is C22H28N4O4S. The number of piperidine rings is 1. The number of thioether (sulfide) groups is 1. The number of esters is 1. The number of hydrogen-bond acceptors (Lipinski definition) is 8. The van der Waals surface area contributed by atoms with Gasteiger partial charge in [0.1, 0.15) is 11.0 Å². The maximum atomic E-state index is 13.3. The van der Waals surface area contributed by atoms with Crippen LogP contribution in [0.3, 0.4) is 0 Å². The number of likely N-dealkylation sites (tertiary alicyclic amines) is 1. The standard InChI is InChI=1S/C22H28N4O4S/c1-4-17-23-22-26(24-17)20(27)19(31-22)18(14-8-10-16(29-3)11-9-14)25-12-6-7-15(13-25)21(28)30-5-2/h8-11,15,18-19H,4-7,12-13H2,1-3H3. The first-order valence-corrected chi connectivity index (χ1v) is 11.6. The van der Waals surface area contributed by atoms with E-state index in [1.807, 2.05) is 38.1 Å². The summed E-state index contributed by atoms with van der Waals surface area (Å²) in [6.07, 6.45) is 2.37. The minimum Gasteiger partial charge on any atom is -0.497 e. The highest BCUT2D eigenvalue weighted by atomic mass is 32.2. The molecule has 0 aliphatic carbocycles. The summed E-state index contributed by atoms with van der Waals surface area (Å²) in [6.45, 7) is 5.55. The Morgan fingerprint density at radius 2 is 2.06 bits per heavy atom. The highest BCUT2D eigenvalue weighted by Gasteiger charge is 2.44. The Bertz CT molecular complexity index is 945. The molecule has 0 radical (unpaired) electrons. The lowest BCUT2D eigenvalue weighted by atomic mass is 9.93. The van der Waals surface area contributed by atoms with Crippen molar-refractivity contribution in [3.05, 3.63) is 35.7 Å². The van der Waals surface area contributed by atoms with Gasteiger partial charge in [0.05, 0.1) is 25.7 Å². The van der Waals surface area contributed by atoms with Crippen LogP contribution in [0.5, 0.6) is 5.75 Å². The SMILES string of the molecule is CCOC(=O)C1CCCN(C(c2ccc(OC)cc2)C2Sc3nc(CC)nn3C2=O)C1. The summed E-state index contributed by atoms with van der Waals surface area (Å²) in [5.74, 6) is 1.03. The third kappa shape index (κ3) is 4.34. The van der Waals surface area contributed by atoms with Crippen molar-refractivity contribution in [3.8, 4) is 5.75 Å². The number of aromatic nitrogens is 3. The summed E-state index contributed by atoms with van der Waals surface area (Å²) in [7, 11) is 1.63. The van der Waals surface area contributed by atoms with E-state index >= 15 is 0 Å². The number of carbonyl (C=O) groups is 2. The first-order valence-electron chi connectivity index (χ1n) is 10.8. The van der Waals surface area contributed by atoms with Crippen molar-refractivity contribution in [1.82, 2.24) is 19.7 Å². The number of rotatable bonds is 7. The van der Waals surface area contributed by atoms with Gasteiger partial charge in [0, 0.05) is 13.0 Å². The maximum absolute atomic E-state index is 13.3. The van der Waals surface area contributed by atoms with E-state index in [9.17, 15) is 9.59 Å². The van der Waals surface area contributed by atoms with E-state index < -0.39 is 0 Å². The van der Waals surface area contributed by atoms with Gasteiger partial charge in [-0.1, -0.05) is 30.8 Å². The predicted molar refractivity (Wildman–Crippen MR) is 116 cm³/mol. The van der Waals surface area contributed by atoms with E-state index in [4.69, 9.17) is 9.47 Å². The Kier molecular flexibility index (Phi) is 6.62. The van der Waals surface area contributed by atoms with Gasteiger partial charge in [-0.05, 0) is 44.0 Å². The number of fused-ring (bicyclic) bond motifs is 1. The Labute approximate surface area is 186 Å². The lowest BCUT2D eigenvalue weighted by molar-refractivity contribution is -0.150. The third-order valence-electron chi connectivity index (χ3n) is 5.83. The molecule has 3 unspecified atom stereocenters. The van der Waals surface area contributed by atoms with Gasteiger partial charge in [-0.15, -0.1) is 5.10 Å². The molecule has 2 aliphatic heterocycles. The molecule has 3 heterocycles. The molecule has 166 valence electrons. The zero-order valence-electron chi connectivity index (χ0n) is 18.1. The monoisotopic (exact) mass is 444 g/mol. The van der Waals surface area contributed by atoms with Crippen LogP contribution in [0.4, 0.5) is 0 Å². The van der Waals surface area contributed by atoms with Crippen molar-refractivity contribution in [2.24, 2.45) is 5.92 Å². The van der Waals surface area contributed by atoms with E-state index in [2.05, 4.69) is 15.0 Å². The Morgan fingerprint density at radius 3 is 2.71 bits per heavy atom. The smallest absolute Gasteiger partial charge is 0.310 e. The van der Waals surface area contributed by atoms with Crippen LogP contribution in [0, 0.1) is 5.92 Å². The lowest BCUT2D eigenvalue weighted by Crippen LogP contribution is -2.46. The van der Waals surface area contributed by atoms with Crippen LogP contribution in [-0.4, -0.2) is 63.6 Å². The van der Waals surface area contributed by atoms with Crippen molar-refractivity contribution >= 4 is 23.6 Å². The zero-order valence-corrected chi connectivity index (χ0v) is 18.9. The van der Waals surface area contributed by atoms with Gasteiger partial charge in [0.25, 0.3) is 5.91 Å². The van der Waals surface area contributed by atoms with Gasteiger partial charge in [-0.25, -0.2) is 4.98 Å². The molecule has 3 atom stereocenters. The Morgan fingerprint density at radius 1 is 1.29 bits per heavy atom. The van der Waals surface area contributed by atoms with Crippen molar-refractivity contribution in [2.75, 3.05) is 26.8 Å². The van der Waals surface area contributed by atoms with Crippen LogP contribution in [0.1, 0.15) is 48.9 Å². The molecule has 0 saturated carbocycles. The van der Waals surface area contributed by atoms with Crippen LogP contribution in [0.25, 0.3) is 0 Å². The fourth-order valence-electron chi connectivity index (χ4n) is 4.28. The van der Waals surface area contributed by atoms with Crippen LogP contribution in [-0.2, 0) is 16.0 Å². The Hall–Kier alpha value is -2.39. The summed E-state index contributed by atoms with van der Waals surface area (Å²) in [4.78, 5) is 32.5. The van der Waals surface area contributed by atoms with Gasteiger partial charge >= 0.3 is 5.97 Å². The molecule has 31 heavy (non-hydrogen) atoms. The minimum absolute atomic E-state index is 0.0636. The van der Waals surface area contributed by atoms with Gasteiger partial charge in [0.15, 0.2) is 11.0 Å². The lowest BCUT2D eigenvalue weighted by Gasteiger charge is -2.39. The van der Waals surface area contributed by atoms with E-state index in [-0.39, 0.29) is 29.1 Å². The predicted octanol–water partition coefficient (Wildman–Crippen LogP) is 2.98. The molecular weight excluding hydrogens is 416 g/mol. The zero-order chi connectivity index (χ0) is 22.0. The van der Waals surface area contributed by atoms with Gasteiger partial charge < -0.3 is 9.47 Å². The van der Waals surface area contributed by atoms with Crippen LogP contribution in [0.15, 0.2) is 29.4 Å². The largest absolute Gasteiger partial charge is 0.497 e. The number of hydrogen-bond donors (Lipinski definition) is 0. The summed E-state index contributed by atoms with van der Waals surface area (Å²) in [5.41, 5.74) is 1.01. The average molecular weight is 445 g/mol. The normalized spacial score (nSPS) is 22.2. The molecule has 4 rings (SSSR count). The van der Waals surface area contributed by atoms with Crippen molar-refractivity contribution in [1.29, 1.82) is 0 Å². The molecule has 1 aromatic heterocycles. The summed E-state index contributed by atoms with van der Waals surface area (Å²) in [6, 6.07) is 7.61. The van der Waals surface area contributed by atoms with Crippen LogP contribution in [0.2, 0.25) is 0 Å². The fourth-order valence-corrected chi connectivity index (χ4v) is 5.56. The molecule has 8 nitrogen and oxygen atoms in total. The number of nitrogens with zero attached hydrogens (tertiary/aromatic N) is 4. The van der Waals surface area contributed by atoms with Crippen LogP contribution >= 0.6 is 11.8 Å². The molecule has 0 N–H and O–H groups in total. The summed E-state index contributed by atoms with van der Waals surface area (Å²) >= 11 is 1.46. The number of carbonyl (C=O) groups excluding carboxylic acids is 2.